The summed E-state index contributed by atoms with van der Waals surface area (Å²) in [6.07, 6.45) is 4.71. The number of nitrogens with zero attached hydrogens (tertiary/aromatic N) is 2. The number of ether oxygens (including phenoxy) is 1. The summed E-state index contributed by atoms with van der Waals surface area (Å²) in [6, 6.07) is 7.70. The van der Waals surface area contributed by atoms with E-state index in [1.807, 2.05) is 31.2 Å². The van der Waals surface area contributed by atoms with Crippen LogP contribution in [0.4, 0.5) is 0 Å². The Hall–Kier alpha value is -2.61. The average molecular weight is 361 g/mol. The smallest absolute Gasteiger partial charge is 0.256 e. The number of benzene rings is 1. The molecule has 8 heteroatoms. The summed E-state index contributed by atoms with van der Waals surface area (Å²) in [4.78, 5) is 13.9. The molecule has 2 heterocycles. The average Bonchev–Trinajstić information content (AvgIpc) is 2.57. The van der Waals surface area contributed by atoms with Crippen LogP contribution in [0.3, 0.4) is 0 Å². The Morgan fingerprint density at radius 3 is 3.00 bits per heavy atom. The highest BCUT2D eigenvalue weighted by Gasteiger charge is 2.24. The number of amidine groups is 1. The number of fused-ring (bicyclic) bond motifs is 1. The van der Waals surface area contributed by atoms with Gasteiger partial charge in [-0.15, -0.1) is 4.40 Å². The Bertz CT molecular complexity index is 872. The molecule has 0 saturated carbocycles. The summed E-state index contributed by atoms with van der Waals surface area (Å²) in [6.45, 7) is 3.01. The van der Waals surface area contributed by atoms with Crippen molar-refractivity contribution in [2.24, 2.45) is 4.40 Å². The fraction of sp³-hybridized carbons (Fsp3) is 0.294. The predicted molar refractivity (Wildman–Crippen MR) is 94.8 cm³/mol. The van der Waals surface area contributed by atoms with Crippen LogP contribution in [0.5, 0.6) is 5.75 Å². The zero-order valence-electron chi connectivity index (χ0n) is 13.8. The van der Waals surface area contributed by atoms with Gasteiger partial charge in [-0.3, -0.25) is 4.79 Å². The van der Waals surface area contributed by atoms with Crippen molar-refractivity contribution in [1.29, 1.82) is 0 Å². The van der Waals surface area contributed by atoms with Gasteiger partial charge in [0.15, 0.2) is 0 Å². The first-order chi connectivity index (χ1) is 11.9. The molecular weight excluding hydrogens is 342 g/mol. The third-order valence-electron chi connectivity index (χ3n) is 3.73. The number of carbonyl (C=O) groups is 1. The van der Waals surface area contributed by atoms with Crippen LogP contribution in [0.25, 0.3) is 0 Å². The van der Waals surface area contributed by atoms with Gasteiger partial charge in [0, 0.05) is 12.7 Å². The van der Waals surface area contributed by atoms with Gasteiger partial charge in [-0.2, -0.15) is 0 Å². The topological polar surface area (TPSA) is 88.1 Å². The molecular formula is C17H19N3O4S. The van der Waals surface area contributed by atoms with Gasteiger partial charge in [0.05, 0.1) is 17.9 Å². The van der Waals surface area contributed by atoms with E-state index in [0.717, 1.165) is 11.3 Å². The summed E-state index contributed by atoms with van der Waals surface area (Å²) < 4.78 is 32.2. The van der Waals surface area contributed by atoms with Crippen LogP contribution in [0, 0.1) is 6.92 Å². The number of nitrogens with one attached hydrogen (secondary N) is 1. The highest BCUT2D eigenvalue weighted by atomic mass is 32.2. The highest BCUT2D eigenvalue weighted by Crippen LogP contribution is 2.16. The summed E-state index contributed by atoms with van der Waals surface area (Å²) in [5, 5.41) is 2.78. The first-order valence-electron chi connectivity index (χ1n) is 7.90. The molecule has 3 rings (SSSR count). The van der Waals surface area contributed by atoms with E-state index < -0.39 is 10.0 Å². The molecule has 0 unspecified atom stereocenters. The second kappa shape index (κ2) is 7.10. The first kappa shape index (κ1) is 17.2. The molecule has 1 amide bonds. The Labute approximate surface area is 146 Å². The van der Waals surface area contributed by atoms with Crippen LogP contribution in [0.2, 0.25) is 0 Å². The number of amides is 1. The molecule has 25 heavy (non-hydrogen) atoms. The van der Waals surface area contributed by atoms with Crippen molar-refractivity contribution in [2.45, 2.75) is 6.92 Å². The number of hydrogen-bond donors (Lipinski definition) is 1. The number of hydrogen-bond acceptors (Lipinski definition) is 5. The van der Waals surface area contributed by atoms with Gasteiger partial charge in [0.25, 0.3) is 15.9 Å². The lowest BCUT2D eigenvalue weighted by Crippen LogP contribution is -2.38. The second-order valence-corrected chi connectivity index (χ2v) is 7.52. The zero-order chi connectivity index (χ0) is 17.9. The van der Waals surface area contributed by atoms with Gasteiger partial charge < -0.3 is 15.0 Å². The number of aryl methyl sites for hydroxylation is 1. The van der Waals surface area contributed by atoms with Crippen molar-refractivity contribution in [3.63, 3.8) is 0 Å². The molecule has 1 aromatic rings. The second-order valence-electron chi connectivity index (χ2n) is 5.77. The van der Waals surface area contributed by atoms with E-state index in [2.05, 4.69) is 9.71 Å². The molecule has 0 bridgehead atoms. The van der Waals surface area contributed by atoms with Crippen LogP contribution in [-0.4, -0.2) is 50.5 Å². The quantitative estimate of drug-likeness (QED) is 0.790. The molecule has 0 saturated heterocycles. The lowest BCUT2D eigenvalue weighted by molar-refractivity contribution is -0.117. The van der Waals surface area contributed by atoms with Crippen LogP contribution in [0.15, 0.2) is 52.6 Å². The maximum atomic E-state index is 12.2. The molecule has 0 aromatic heterocycles. The molecule has 2 aliphatic rings. The molecule has 2 aliphatic heterocycles. The predicted octanol–water partition coefficient (Wildman–Crippen LogP) is 0.988. The summed E-state index contributed by atoms with van der Waals surface area (Å²) >= 11 is 0. The van der Waals surface area contributed by atoms with Gasteiger partial charge in [0.2, 0.25) is 0 Å². The molecule has 7 nitrogen and oxygen atoms in total. The Morgan fingerprint density at radius 2 is 2.20 bits per heavy atom. The summed E-state index contributed by atoms with van der Waals surface area (Å²) in [5.74, 6) is 0.809. The zero-order valence-corrected chi connectivity index (χ0v) is 14.6. The maximum Gasteiger partial charge on any atom is 0.256 e. The van der Waals surface area contributed by atoms with Crippen LogP contribution >= 0.6 is 0 Å². The summed E-state index contributed by atoms with van der Waals surface area (Å²) in [7, 11) is -3.39. The van der Waals surface area contributed by atoms with E-state index in [9.17, 15) is 13.2 Å². The SMILES string of the molecule is Cc1cccc(OCCNC(=O)C2=CN3CCS(=O)(=O)N=C3C=C2)c1. The standard InChI is InChI=1S/C17H19N3O4S/c1-13-3-2-4-15(11-13)24-9-7-18-17(21)14-5-6-16-19-25(22,23)10-8-20(16)12-14/h2-6,11-12H,7-10H2,1H3,(H,18,21). The fourth-order valence-electron chi connectivity index (χ4n) is 2.48. The third kappa shape index (κ3) is 4.48. The van der Waals surface area contributed by atoms with Gasteiger partial charge in [-0.05, 0) is 36.8 Å². The Balaban J connectivity index is 1.51. The molecule has 132 valence electrons. The van der Waals surface area contributed by atoms with Crippen molar-refractivity contribution in [1.82, 2.24) is 10.2 Å². The molecule has 0 spiro atoms. The number of carbonyl (C=O) groups excluding carboxylic acids is 1. The largest absolute Gasteiger partial charge is 0.492 e. The van der Waals surface area contributed by atoms with Crippen LogP contribution in [-0.2, 0) is 14.8 Å². The van der Waals surface area contributed by atoms with E-state index in [-0.39, 0.29) is 11.7 Å². The van der Waals surface area contributed by atoms with E-state index in [4.69, 9.17) is 4.74 Å². The Morgan fingerprint density at radius 1 is 1.36 bits per heavy atom. The highest BCUT2D eigenvalue weighted by molar-refractivity contribution is 7.90. The molecule has 0 fully saturated rings. The van der Waals surface area contributed by atoms with Crippen molar-refractivity contribution in [3.05, 3.63) is 53.8 Å². The van der Waals surface area contributed by atoms with Crippen molar-refractivity contribution < 1.29 is 17.9 Å². The van der Waals surface area contributed by atoms with Crippen LogP contribution in [0.1, 0.15) is 5.56 Å². The van der Waals surface area contributed by atoms with Gasteiger partial charge in [-0.1, -0.05) is 12.1 Å². The molecule has 0 radical (unpaired) electrons. The minimum Gasteiger partial charge on any atom is -0.492 e. The van der Waals surface area contributed by atoms with Crippen molar-refractivity contribution in [3.8, 4) is 5.75 Å². The van der Waals surface area contributed by atoms with Gasteiger partial charge in [-0.25, -0.2) is 8.42 Å². The van der Waals surface area contributed by atoms with Crippen molar-refractivity contribution >= 4 is 21.8 Å². The normalized spacial score (nSPS) is 18.0. The third-order valence-corrected chi connectivity index (χ3v) is 4.90. The lowest BCUT2D eigenvalue weighted by atomic mass is 10.2. The minimum absolute atomic E-state index is 0.0555. The molecule has 0 atom stereocenters. The number of sulfonamides is 1. The number of rotatable bonds is 5. The molecule has 1 aromatic carbocycles. The van der Waals surface area contributed by atoms with Crippen molar-refractivity contribution in [2.75, 3.05) is 25.4 Å². The molecule has 0 aliphatic carbocycles. The maximum absolute atomic E-state index is 12.2. The van der Waals surface area contributed by atoms with E-state index in [1.165, 1.54) is 6.08 Å². The Kier molecular flexibility index (Phi) is 4.89. The monoisotopic (exact) mass is 361 g/mol. The van der Waals surface area contributed by atoms with E-state index in [0.29, 0.717) is 31.1 Å². The van der Waals surface area contributed by atoms with E-state index >= 15 is 0 Å². The van der Waals surface area contributed by atoms with E-state index in [1.54, 1.807) is 17.2 Å². The first-order valence-corrected chi connectivity index (χ1v) is 9.51. The van der Waals surface area contributed by atoms with Gasteiger partial charge in [0.1, 0.15) is 18.2 Å². The van der Waals surface area contributed by atoms with Gasteiger partial charge >= 0.3 is 0 Å². The molecule has 1 N–H and O–H groups in total. The lowest BCUT2D eigenvalue weighted by Gasteiger charge is -2.26. The summed E-state index contributed by atoms with van der Waals surface area (Å²) in [5.41, 5.74) is 1.56. The fourth-order valence-corrected chi connectivity index (χ4v) is 3.45. The van der Waals surface area contributed by atoms with Crippen LogP contribution < -0.4 is 10.1 Å². The minimum atomic E-state index is -3.39.